The van der Waals surface area contributed by atoms with Crippen molar-refractivity contribution in [2.75, 3.05) is 12.0 Å². The molecule has 7 nitrogen and oxygen atoms in total. The van der Waals surface area contributed by atoms with Crippen LogP contribution in [0.3, 0.4) is 0 Å². The van der Waals surface area contributed by atoms with E-state index in [0.29, 0.717) is 11.7 Å². The molecule has 1 N–H and O–H groups in total. The summed E-state index contributed by atoms with van der Waals surface area (Å²) < 4.78 is 11.1. The molecular weight excluding hydrogens is 452 g/mol. The summed E-state index contributed by atoms with van der Waals surface area (Å²) in [4.78, 5) is 20.0. The van der Waals surface area contributed by atoms with E-state index in [9.17, 15) is 4.79 Å². The average molecular weight is 479 g/mol. The van der Waals surface area contributed by atoms with Crippen LogP contribution < -0.4 is 15.0 Å². The highest BCUT2D eigenvalue weighted by Gasteiger charge is 2.36. The van der Waals surface area contributed by atoms with Crippen molar-refractivity contribution >= 4 is 17.3 Å². The van der Waals surface area contributed by atoms with Gasteiger partial charge in [0.15, 0.2) is 0 Å². The van der Waals surface area contributed by atoms with Crippen LogP contribution in [0.1, 0.15) is 42.0 Å². The highest BCUT2D eigenvalue weighted by Crippen LogP contribution is 2.40. The summed E-state index contributed by atoms with van der Waals surface area (Å²) in [6, 6.07) is 23.0. The predicted molar refractivity (Wildman–Crippen MR) is 138 cm³/mol. The Bertz CT molecular complexity index is 1460. The van der Waals surface area contributed by atoms with Gasteiger partial charge in [0.05, 0.1) is 24.4 Å². The van der Waals surface area contributed by atoms with Gasteiger partial charge in [-0.25, -0.2) is 4.79 Å². The van der Waals surface area contributed by atoms with Crippen molar-refractivity contribution in [3.8, 4) is 17.1 Å². The number of aryl methyl sites for hydroxylation is 2. The van der Waals surface area contributed by atoms with Gasteiger partial charge in [-0.1, -0.05) is 53.7 Å². The number of rotatable bonds is 5. The van der Waals surface area contributed by atoms with Crippen molar-refractivity contribution in [1.82, 2.24) is 15.5 Å². The fourth-order valence-electron chi connectivity index (χ4n) is 5.11. The standard InChI is InChI=1S/C29H26N4O3/c1-18-25(28-31-27(32-36-28)21-7-4-3-5-8-21)26(20-12-15-24(35-2)16-13-20)30-29(34)33(18)23-14-11-19-9-6-10-22(19)17-23/h3-5,7-8,11-17,26H,6,9-10H2,1-2H3,(H,30,34). The largest absolute Gasteiger partial charge is 0.497 e. The van der Waals surface area contributed by atoms with E-state index in [1.54, 1.807) is 12.0 Å². The van der Waals surface area contributed by atoms with Crippen molar-refractivity contribution in [3.63, 3.8) is 0 Å². The van der Waals surface area contributed by atoms with Gasteiger partial charge in [0.1, 0.15) is 5.75 Å². The SMILES string of the molecule is COc1ccc(C2NC(=O)N(c3ccc4c(c3)CCC4)C(C)=C2c2nc(-c3ccccc3)no2)cc1. The molecule has 2 amide bonds. The Morgan fingerprint density at radius 3 is 2.56 bits per heavy atom. The summed E-state index contributed by atoms with van der Waals surface area (Å²) in [6.45, 7) is 1.93. The number of anilines is 1. The van der Waals surface area contributed by atoms with E-state index in [2.05, 4.69) is 22.6 Å². The van der Waals surface area contributed by atoms with E-state index < -0.39 is 6.04 Å². The highest BCUT2D eigenvalue weighted by molar-refractivity contribution is 6.01. The van der Waals surface area contributed by atoms with Crippen molar-refractivity contribution in [1.29, 1.82) is 0 Å². The molecule has 0 bridgehead atoms. The Labute approximate surface area is 209 Å². The van der Waals surface area contributed by atoms with Gasteiger partial charge in [0, 0.05) is 11.3 Å². The lowest BCUT2D eigenvalue weighted by atomic mass is 9.94. The van der Waals surface area contributed by atoms with Crippen molar-refractivity contribution in [3.05, 3.63) is 101 Å². The minimum atomic E-state index is -0.460. The van der Waals surface area contributed by atoms with Crippen molar-refractivity contribution < 1.29 is 14.1 Å². The number of hydrogen-bond acceptors (Lipinski definition) is 5. The molecule has 4 aromatic rings. The molecule has 0 radical (unpaired) electrons. The molecule has 36 heavy (non-hydrogen) atoms. The summed E-state index contributed by atoms with van der Waals surface area (Å²) in [5.41, 5.74) is 6.76. The van der Waals surface area contributed by atoms with Gasteiger partial charge in [-0.15, -0.1) is 0 Å². The summed E-state index contributed by atoms with van der Waals surface area (Å²) >= 11 is 0. The third-order valence-corrected chi connectivity index (χ3v) is 6.96. The molecule has 0 saturated heterocycles. The minimum absolute atomic E-state index is 0.196. The van der Waals surface area contributed by atoms with Crippen LogP contribution in [0.25, 0.3) is 17.0 Å². The molecule has 0 saturated carbocycles. The molecule has 1 aromatic heterocycles. The normalized spacial score (nSPS) is 17.2. The van der Waals surface area contributed by atoms with Crippen LogP contribution in [0.2, 0.25) is 0 Å². The van der Waals surface area contributed by atoms with E-state index >= 15 is 0 Å². The third-order valence-electron chi connectivity index (χ3n) is 6.96. The number of carbonyl (C=O) groups is 1. The number of fused-ring (bicyclic) bond motifs is 1. The number of methoxy groups -OCH3 is 1. The second-order valence-corrected chi connectivity index (χ2v) is 9.09. The van der Waals surface area contributed by atoms with Gasteiger partial charge in [-0.3, -0.25) is 4.90 Å². The number of nitrogens with zero attached hydrogens (tertiary/aromatic N) is 3. The number of nitrogens with one attached hydrogen (secondary N) is 1. The Morgan fingerprint density at radius 1 is 1.00 bits per heavy atom. The van der Waals surface area contributed by atoms with Crippen molar-refractivity contribution in [2.24, 2.45) is 0 Å². The lowest BCUT2D eigenvalue weighted by Crippen LogP contribution is -2.46. The molecule has 1 unspecified atom stereocenters. The maximum absolute atomic E-state index is 13.5. The van der Waals surface area contributed by atoms with Gasteiger partial charge < -0.3 is 14.6 Å². The average Bonchev–Trinajstić information content (AvgIpc) is 3.59. The molecule has 2 heterocycles. The molecule has 1 atom stereocenters. The lowest BCUT2D eigenvalue weighted by Gasteiger charge is -2.35. The van der Waals surface area contributed by atoms with Crippen LogP contribution in [0.4, 0.5) is 10.5 Å². The molecule has 2 aliphatic rings. The monoisotopic (exact) mass is 478 g/mol. The topological polar surface area (TPSA) is 80.5 Å². The first-order chi connectivity index (χ1) is 17.6. The first-order valence-corrected chi connectivity index (χ1v) is 12.1. The first kappa shape index (κ1) is 22.1. The van der Waals surface area contributed by atoms with Crippen LogP contribution >= 0.6 is 0 Å². The summed E-state index contributed by atoms with van der Waals surface area (Å²) in [5, 5.41) is 7.42. The zero-order chi connectivity index (χ0) is 24.6. The number of carbonyl (C=O) groups excluding carboxylic acids is 1. The molecule has 7 heteroatoms. The van der Waals surface area contributed by atoms with Crippen LogP contribution in [0.15, 0.2) is 83.0 Å². The van der Waals surface area contributed by atoms with Crippen molar-refractivity contribution in [2.45, 2.75) is 32.2 Å². The number of ether oxygens (including phenoxy) is 1. The van der Waals surface area contributed by atoms with Crippen LogP contribution in [-0.4, -0.2) is 23.3 Å². The maximum Gasteiger partial charge on any atom is 0.326 e. The number of allylic oxidation sites excluding steroid dienone is 1. The molecule has 0 spiro atoms. The Hall–Kier alpha value is -4.39. The van der Waals surface area contributed by atoms with E-state index in [0.717, 1.165) is 53.1 Å². The Morgan fingerprint density at radius 2 is 1.78 bits per heavy atom. The number of benzene rings is 3. The second kappa shape index (κ2) is 9.00. The summed E-state index contributed by atoms with van der Waals surface area (Å²) in [7, 11) is 1.63. The van der Waals surface area contributed by atoms with Crippen LogP contribution in [-0.2, 0) is 12.8 Å². The zero-order valence-corrected chi connectivity index (χ0v) is 20.2. The fourth-order valence-corrected chi connectivity index (χ4v) is 5.11. The number of urea groups is 1. The molecule has 0 fully saturated rings. The van der Waals surface area contributed by atoms with Gasteiger partial charge in [0.25, 0.3) is 5.89 Å². The summed E-state index contributed by atoms with van der Waals surface area (Å²) in [5.74, 6) is 1.62. The number of aromatic nitrogens is 2. The van der Waals surface area contributed by atoms with E-state index in [1.165, 1.54) is 11.1 Å². The highest BCUT2D eigenvalue weighted by atomic mass is 16.5. The second-order valence-electron chi connectivity index (χ2n) is 9.09. The van der Waals surface area contributed by atoms with Gasteiger partial charge >= 0.3 is 6.03 Å². The van der Waals surface area contributed by atoms with E-state index in [1.807, 2.05) is 67.6 Å². The predicted octanol–water partition coefficient (Wildman–Crippen LogP) is 5.94. The van der Waals surface area contributed by atoms with E-state index in [4.69, 9.17) is 14.2 Å². The quantitative estimate of drug-likeness (QED) is 0.384. The molecule has 1 aliphatic heterocycles. The lowest BCUT2D eigenvalue weighted by molar-refractivity contribution is 0.244. The minimum Gasteiger partial charge on any atom is -0.497 e. The first-order valence-electron chi connectivity index (χ1n) is 12.1. The molecule has 3 aromatic carbocycles. The summed E-state index contributed by atoms with van der Waals surface area (Å²) in [6.07, 6.45) is 3.27. The number of amides is 2. The van der Waals surface area contributed by atoms with Gasteiger partial charge in [-0.2, -0.15) is 4.98 Å². The Kier molecular flexibility index (Phi) is 5.52. The maximum atomic E-state index is 13.5. The number of hydrogen-bond donors (Lipinski definition) is 1. The Balaban J connectivity index is 1.48. The van der Waals surface area contributed by atoms with Crippen LogP contribution in [0, 0.1) is 0 Å². The molecular formula is C29H26N4O3. The molecule has 1 aliphatic carbocycles. The molecule has 6 rings (SSSR count). The van der Waals surface area contributed by atoms with Gasteiger partial charge in [-0.05, 0) is 67.1 Å². The zero-order valence-electron chi connectivity index (χ0n) is 20.2. The smallest absolute Gasteiger partial charge is 0.326 e. The van der Waals surface area contributed by atoms with Crippen LogP contribution in [0.5, 0.6) is 5.75 Å². The third kappa shape index (κ3) is 3.82. The van der Waals surface area contributed by atoms with E-state index in [-0.39, 0.29) is 6.03 Å². The van der Waals surface area contributed by atoms with Gasteiger partial charge in [0.2, 0.25) is 5.82 Å². The fraction of sp³-hybridized carbons (Fsp3) is 0.207. The molecule has 180 valence electrons.